The fourth-order valence-electron chi connectivity index (χ4n) is 2.96. The number of nitrogens with zero attached hydrogens (tertiary/aromatic N) is 1. The van der Waals surface area contributed by atoms with Crippen LogP contribution in [-0.2, 0) is 22.5 Å². The number of rotatable bonds is 6. The Morgan fingerprint density at radius 2 is 2.00 bits per heavy atom. The van der Waals surface area contributed by atoms with Gasteiger partial charge in [-0.3, -0.25) is 9.69 Å². The van der Waals surface area contributed by atoms with E-state index in [4.69, 9.17) is 9.47 Å². The second-order valence-corrected chi connectivity index (χ2v) is 7.07. The van der Waals surface area contributed by atoms with E-state index in [1.54, 1.807) is 12.1 Å². The average molecular weight is 411 g/mol. The summed E-state index contributed by atoms with van der Waals surface area (Å²) < 4.78 is 10.4. The first-order valence-corrected chi connectivity index (χ1v) is 9.37. The maximum atomic E-state index is 12.3. The summed E-state index contributed by atoms with van der Waals surface area (Å²) in [5.41, 5.74) is 1.47. The molecule has 2 aromatic rings. The number of methoxy groups -OCH3 is 1. The Bertz CT molecular complexity index is 795. The number of halogens is 1. The number of fused-ring (bicyclic) bond motifs is 1. The van der Waals surface area contributed by atoms with Crippen LogP contribution in [0, 0.1) is 0 Å². The highest BCUT2D eigenvalue weighted by molar-refractivity contribution is 7.17. The quantitative estimate of drug-likeness (QED) is 0.739. The number of thiophene rings is 1. The van der Waals surface area contributed by atoms with Crippen LogP contribution in [0.1, 0.15) is 27.7 Å². The fourth-order valence-corrected chi connectivity index (χ4v) is 4.25. The topological polar surface area (TPSA) is 67.9 Å². The van der Waals surface area contributed by atoms with Crippen LogP contribution in [0.15, 0.2) is 30.3 Å². The normalized spacial score (nSPS) is 13.3. The molecule has 1 aromatic heterocycles. The molecule has 0 aliphatic carbocycles. The molecule has 27 heavy (non-hydrogen) atoms. The number of ether oxygens (including phenoxy) is 2. The minimum absolute atomic E-state index is 0. The standard InChI is InChI=1S/C19H22N2O4S.ClH/c1-3-21-10-9-14-15(11-21)26-18(17(14)19(23)24-2)20-16(22)12-25-13-7-5-4-6-8-13;/h4-8H,3,9-12H2,1-2H3,(H,20,22);1H. The number of amides is 1. The maximum absolute atomic E-state index is 12.3. The van der Waals surface area contributed by atoms with Crippen molar-refractivity contribution in [2.45, 2.75) is 19.9 Å². The molecule has 0 saturated carbocycles. The van der Waals surface area contributed by atoms with E-state index in [1.807, 2.05) is 18.2 Å². The number of carbonyl (C=O) groups excluding carboxylic acids is 2. The molecule has 2 heterocycles. The smallest absolute Gasteiger partial charge is 0.341 e. The van der Waals surface area contributed by atoms with E-state index in [0.29, 0.717) is 16.3 Å². The first-order valence-electron chi connectivity index (χ1n) is 8.55. The Kier molecular flexibility index (Phi) is 7.65. The Balaban J connectivity index is 0.00000261. The van der Waals surface area contributed by atoms with Gasteiger partial charge < -0.3 is 14.8 Å². The van der Waals surface area contributed by atoms with Crippen molar-refractivity contribution in [1.82, 2.24) is 4.90 Å². The van der Waals surface area contributed by atoms with E-state index in [0.717, 1.165) is 36.5 Å². The van der Waals surface area contributed by atoms with Crippen LogP contribution in [-0.4, -0.2) is 43.6 Å². The van der Waals surface area contributed by atoms with E-state index >= 15 is 0 Å². The molecular formula is C19H23ClN2O4S. The molecule has 1 aliphatic rings. The number of anilines is 1. The summed E-state index contributed by atoms with van der Waals surface area (Å²) in [5, 5.41) is 3.36. The largest absolute Gasteiger partial charge is 0.484 e. The van der Waals surface area contributed by atoms with Gasteiger partial charge in [0.05, 0.1) is 12.7 Å². The molecule has 0 atom stereocenters. The van der Waals surface area contributed by atoms with Crippen LogP contribution in [0.25, 0.3) is 0 Å². The number of nitrogens with one attached hydrogen (secondary N) is 1. The number of benzene rings is 1. The van der Waals surface area contributed by atoms with Crippen molar-refractivity contribution >= 4 is 40.6 Å². The minimum Gasteiger partial charge on any atom is -0.484 e. The average Bonchev–Trinajstić information content (AvgIpc) is 3.03. The molecule has 0 fully saturated rings. The van der Waals surface area contributed by atoms with Crippen LogP contribution in [0.2, 0.25) is 0 Å². The van der Waals surface area contributed by atoms with Crippen molar-refractivity contribution in [3.05, 3.63) is 46.3 Å². The van der Waals surface area contributed by atoms with Crippen LogP contribution in [0.5, 0.6) is 5.75 Å². The lowest BCUT2D eigenvalue weighted by molar-refractivity contribution is -0.118. The van der Waals surface area contributed by atoms with Gasteiger partial charge in [0.1, 0.15) is 10.8 Å². The SMILES string of the molecule is CCN1CCc2c(sc(NC(=O)COc3ccccc3)c2C(=O)OC)C1.Cl. The van der Waals surface area contributed by atoms with E-state index in [-0.39, 0.29) is 24.9 Å². The van der Waals surface area contributed by atoms with Gasteiger partial charge in [0.15, 0.2) is 6.61 Å². The molecule has 6 nitrogen and oxygen atoms in total. The van der Waals surface area contributed by atoms with Gasteiger partial charge in [-0.1, -0.05) is 25.1 Å². The second kappa shape index (κ2) is 9.73. The zero-order valence-corrected chi connectivity index (χ0v) is 17.0. The molecule has 0 saturated heterocycles. The molecule has 0 unspecified atom stereocenters. The number of carbonyl (C=O) groups is 2. The van der Waals surface area contributed by atoms with Crippen molar-refractivity contribution in [2.75, 3.05) is 32.1 Å². The van der Waals surface area contributed by atoms with Crippen molar-refractivity contribution in [3.63, 3.8) is 0 Å². The molecule has 1 aromatic carbocycles. The third-order valence-electron chi connectivity index (χ3n) is 4.34. The van der Waals surface area contributed by atoms with E-state index in [9.17, 15) is 9.59 Å². The summed E-state index contributed by atoms with van der Waals surface area (Å²) in [6, 6.07) is 9.14. The lowest BCUT2D eigenvalue weighted by Gasteiger charge is -2.25. The lowest BCUT2D eigenvalue weighted by Crippen LogP contribution is -2.30. The molecule has 146 valence electrons. The first kappa shape index (κ1) is 21.2. The molecule has 8 heteroatoms. The third kappa shape index (κ3) is 5.00. The summed E-state index contributed by atoms with van der Waals surface area (Å²) in [4.78, 5) is 28.0. The van der Waals surface area contributed by atoms with Gasteiger partial charge in [-0.15, -0.1) is 23.7 Å². The van der Waals surface area contributed by atoms with Gasteiger partial charge in [-0.05, 0) is 30.7 Å². The molecular weight excluding hydrogens is 388 g/mol. The zero-order valence-electron chi connectivity index (χ0n) is 15.3. The Labute approximate surface area is 168 Å². The third-order valence-corrected chi connectivity index (χ3v) is 5.47. The van der Waals surface area contributed by atoms with Gasteiger partial charge in [0.2, 0.25) is 0 Å². The number of esters is 1. The van der Waals surface area contributed by atoms with Crippen LogP contribution in [0.3, 0.4) is 0 Å². The zero-order chi connectivity index (χ0) is 18.5. The van der Waals surface area contributed by atoms with Crippen molar-refractivity contribution in [3.8, 4) is 5.75 Å². The fraction of sp³-hybridized carbons (Fsp3) is 0.368. The van der Waals surface area contributed by atoms with Gasteiger partial charge in [0.25, 0.3) is 5.91 Å². The molecule has 1 aliphatic heterocycles. The summed E-state index contributed by atoms with van der Waals surface area (Å²) in [7, 11) is 1.36. The minimum atomic E-state index is -0.410. The Morgan fingerprint density at radius 1 is 1.26 bits per heavy atom. The van der Waals surface area contributed by atoms with E-state index < -0.39 is 5.97 Å². The van der Waals surface area contributed by atoms with Crippen molar-refractivity contribution in [2.24, 2.45) is 0 Å². The maximum Gasteiger partial charge on any atom is 0.341 e. The Morgan fingerprint density at radius 3 is 2.67 bits per heavy atom. The van der Waals surface area contributed by atoms with Gasteiger partial charge in [-0.25, -0.2) is 4.79 Å². The van der Waals surface area contributed by atoms with Gasteiger partial charge in [0, 0.05) is 18.0 Å². The molecule has 1 amide bonds. The van der Waals surface area contributed by atoms with E-state index in [1.165, 1.54) is 18.4 Å². The monoisotopic (exact) mass is 410 g/mol. The Hall–Kier alpha value is -2.09. The molecule has 0 radical (unpaired) electrons. The number of para-hydroxylation sites is 1. The highest BCUT2D eigenvalue weighted by atomic mass is 35.5. The van der Waals surface area contributed by atoms with Crippen molar-refractivity contribution < 1.29 is 19.1 Å². The summed E-state index contributed by atoms with van der Waals surface area (Å²) in [6.45, 7) is 4.64. The second-order valence-electron chi connectivity index (χ2n) is 5.97. The first-order chi connectivity index (χ1) is 12.6. The van der Waals surface area contributed by atoms with Crippen LogP contribution < -0.4 is 10.1 Å². The highest BCUT2D eigenvalue weighted by Crippen LogP contribution is 2.37. The number of hydrogen-bond acceptors (Lipinski definition) is 6. The van der Waals surface area contributed by atoms with Crippen LogP contribution in [0.4, 0.5) is 5.00 Å². The predicted molar refractivity (Wildman–Crippen MR) is 108 cm³/mol. The van der Waals surface area contributed by atoms with Gasteiger partial charge >= 0.3 is 5.97 Å². The molecule has 0 bridgehead atoms. The van der Waals surface area contributed by atoms with Crippen LogP contribution >= 0.6 is 23.7 Å². The number of likely N-dealkylation sites (N-methyl/N-ethyl adjacent to an activating group) is 1. The highest BCUT2D eigenvalue weighted by Gasteiger charge is 2.28. The molecule has 0 spiro atoms. The van der Waals surface area contributed by atoms with Crippen molar-refractivity contribution in [1.29, 1.82) is 0 Å². The van der Waals surface area contributed by atoms with E-state index in [2.05, 4.69) is 17.1 Å². The predicted octanol–water partition coefficient (Wildman–Crippen LogP) is 3.35. The summed E-state index contributed by atoms with van der Waals surface area (Å²) in [5.74, 6) is -0.0865. The summed E-state index contributed by atoms with van der Waals surface area (Å²) in [6.07, 6.45) is 0.778. The lowest BCUT2D eigenvalue weighted by atomic mass is 10.0. The molecule has 3 rings (SSSR count). The number of hydrogen-bond donors (Lipinski definition) is 1. The summed E-state index contributed by atoms with van der Waals surface area (Å²) >= 11 is 1.44. The molecule has 1 N–H and O–H groups in total. The van der Waals surface area contributed by atoms with Gasteiger partial charge in [-0.2, -0.15) is 0 Å².